The van der Waals surface area contributed by atoms with E-state index in [4.69, 9.17) is 9.68 Å². The molecule has 10 heteroatoms. The zero-order valence-corrected chi connectivity index (χ0v) is 16.6. The van der Waals surface area contributed by atoms with Gasteiger partial charge in [-0.05, 0) is 50.2 Å². The Bertz CT molecular complexity index is 1120. The minimum Gasteiger partial charge on any atom is -0.419 e. The number of halogens is 3. The van der Waals surface area contributed by atoms with Crippen LogP contribution in [0.2, 0.25) is 0 Å². The number of anilines is 2. The monoisotopic (exact) mass is 429 g/mol. The highest BCUT2D eigenvalue weighted by Crippen LogP contribution is 2.33. The quantitative estimate of drug-likeness (QED) is 0.563. The van der Waals surface area contributed by atoms with Gasteiger partial charge < -0.3 is 15.1 Å². The van der Waals surface area contributed by atoms with Crippen LogP contribution in [0.5, 0.6) is 0 Å². The third kappa shape index (κ3) is 4.83. The molecular formula is C21H18F3N5O2. The predicted molar refractivity (Wildman–Crippen MR) is 106 cm³/mol. The Morgan fingerprint density at radius 1 is 1.10 bits per heavy atom. The van der Waals surface area contributed by atoms with Gasteiger partial charge >= 0.3 is 6.18 Å². The maximum atomic E-state index is 12.8. The van der Waals surface area contributed by atoms with E-state index in [1.165, 1.54) is 12.1 Å². The van der Waals surface area contributed by atoms with Crippen LogP contribution in [0.25, 0.3) is 11.5 Å². The minimum atomic E-state index is -4.41. The standard InChI is InChI=1S/C21H18F3N5O2/c1-20(2,18(30)26-12-11-25)19-29-28-17(31-19)15-5-3-4-6-16(15)27-14-9-7-13(8-10-14)21(22,23)24/h3-10,27H,12H2,1-2H3,(H,26,30). The summed E-state index contributed by atoms with van der Waals surface area (Å²) in [7, 11) is 0. The number of rotatable bonds is 6. The van der Waals surface area contributed by atoms with Crippen LogP contribution in [0.4, 0.5) is 24.5 Å². The molecule has 2 N–H and O–H groups in total. The molecule has 7 nitrogen and oxygen atoms in total. The molecule has 0 aliphatic rings. The fraction of sp³-hybridized carbons (Fsp3) is 0.238. The number of benzene rings is 2. The molecule has 0 bridgehead atoms. The Kier molecular flexibility index (Phi) is 5.97. The van der Waals surface area contributed by atoms with Crippen LogP contribution in [-0.4, -0.2) is 22.6 Å². The molecular weight excluding hydrogens is 411 g/mol. The summed E-state index contributed by atoms with van der Waals surface area (Å²) in [4.78, 5) is 12.3. The molecule has 0 aliphatic carbocycles. The van der Waals surface area contributed by atoms with Gasteiger partial charge in [-0.15, -0.1) is 10.2 Å². The fourth-order valence-corrected chi connectivity index (χ4v) is 2.70. The number of amides is 1. The van der Waals surface area contributed by atoms with Gasteiger partial charge in [0.05, 0.1) is 22.9 Å². The van der Waals surface area contributed by atoms with E-state index in [9.17, 15) is 18.0 Å². The number of hydrogen-bond acceptors (Lipinski definition) is 6. The molecule has 0 spiro atoms. The molecule has 31 heavy (non-hydrogen) atoms. The lowest BCUT2D eigenvalue weighted by molar-refractivity contribution is -0.137. The molecule has 0 atom stereocenters. The molecule has 1 heterocycles. The highest BCUT2D eigenvalue weighted by Gasteiger charge is 2.36. The van der Waals surface area contributed by atoms with Crippen molar-refractivity contribution < 1.29 is 22.4 Å². The van der Waals surface area contributed by atoms with E-state index in [1.807, 2.05) is 6.07 Å². The van der Waals surface area contributed by atoms with E-state index in [2.05, 4.69) is 20.8 Å². The van der Waals surface area contributed by atoms with Gasteiger partial charge in [-0.25, -0.2) is 0 Å². The molecule has 0 aliphatic heterocycles. The molecule has 1 amide bonds. The van der Waals surface area contributed by atoms with Gasteiger partial charge in [0, 0.05) is 5.69 Å². The Morgan fingerprint density at radius 3 is 2.42 bits per heavy atom. The van der Waals surface area contributed by atoms with E-state index in [-0.39, 0.29) is 18.3 Å². The van der Waals surface area contributed by atoms with Crippen LogP contribution in [-0.2, 0) is 16.4 Å². The lowest BCUT2D eigenvalue weighted by Gasteiger charge is -2.18. The third-order valence-corrected chi connectivity index (χ3v) is 4.50. The summed E-state index contributed by atoms with van der Waals surface area (Å²) >= 11 is 0. The number of nitrogens with one attached hydrogen (secondary N) is 2. The first kappa shape index (κ1) is 21.8. The SMILES string of the molecule is CC(C)(C(=O)NCC#N)c1nnc(-c2ccccc2Nc2ccc(C(F)(F)F)cc2)o1. The average Bonchev–Trinajstić information content (AvgIpc) is 3.23. The first-order valence-corrected chi connectivity index (χ1v) is 9.16. The molecule has 0 unspecified atom stereocenters. The fourth-order valence-electron chi connectivity index (χ4n) is 2.70. The summed E-state index contributed by atoms with van der Waals surface area (Å²) in [5, 5.41) is 22.1. The summed E-state index contributed by atoms with van der Waals surface area (Å²) in [5.74, 6) is -0.256. The Hall–Kier alpha value is -3.87. The van der Waals surface area contributed by atoms with Crippen molar-refractivity contribution in [1.82, 2.24) is 15.5 Å². The number of nitriles is 1. The van der Waals surface area contributed by atoms with Crippen LogP contribution in [0.3, 0.4) is 0 Å². The van der Waals surface area contributed by atoms with Gasteiger partial charge in [-0.1, -0.05) is 12.1 Å². The summed E-state index contributed by atoms with van der Waals surface area (Å²) < 4.78 is 44.0. The van der Waals surface area contributed by atoms with Crippen molar-refractivity contribution in [3.63, 3.8) is 0 Å². The number of hydrogen-bond donors (Lipinski definition) is 2. The molecule has 0 fully saturated rings. The highest BCUT2D eigenvalue weighted by atomic mass is 19.4. The number of para-hydroxylation sites is 1. The number of carbonyl (C=O) groups is 1. The number of alkyl halides is 3. The van der Waals surface area contributed by atoms with Crippen molar-refractivity contribution in [2.45, 2.75) is 25.4 Å². The van der Waals surface area contributed by atoms with Gasteiger partial charge in [0.15, 0.2) is 0 Å². The van der Waals surface area contributed by atoms with Crippen molar-refractivity contribution in [1.29, 1.82) is 5.26 Å². The topological polar surface area (TPSA) is 104 Å². The second-order valence-electron chi connectivity index (χ2n) is 7.12. The summed E-state index contributed by atoms with van der Waals surface area (Å²) in [6, 6.07) is 13.3. The largest absolute Gasteiger partial charge is 0.419 e. The second kappa shape index (κ2) is 8.47. The molecule has 0 saturated heterocycles. The lowest BCUT2D eigenvalue weighted by atomic mass is 9.92. The van der Waals surface area contributed by atoms with E-state index in [0.29, 0.717) is 16.9 Å². The molecule has 0 saturated carbocycles. The molecule has 3 aromatic rings. The van der Waals surface area contributed by atoms with Gasteiger partial charge in [0.1, 0.15) is 12.0 Å². The number of carbonyl (C=O) groups excluding carboxylic acids is 1. The average molecular weight is 429 g/mol. The van der Waals surface area contributed by atoms with Crippen molar-refractivity contribution in [3.05, 3.63) is 60.0 Å². The van der Waals surface area contributed by atoms with Gasteiger partial charge in [0.25, 0.3) is 0 Å². The lowest BCUT2D eigenvalue weighted by Crippen LogP contribution is -2.40. The Morgan fingerprint density at radius 2 is 1.77 bits per heavy atom. The smallest absolute Gasteiger partial charge is 0.416 e. The molecule has 160 valence electrons. The summed E-state index contributed by atoms with van der Waals surface area (Å²) in [6.45, 7) is 3.02. The van der Waals surface area contributed by atoms with Crippen LogP contribution in [0, 0.1) is 11.3 Å². The van der Waals surface area contributed by atoms with Crippen molar-refractivity contribution >= 4 is 17.3 Å². The molecule has 0 radical (unpaired) electrons. The van der Waals surface area contributed by atoms with Crippen LogP contribution < -0.4 is 10.6 Å². The number of nitrogens with zero attached hydrogens (tertiary/aromatic N) is 3. The van der Waals surface area contributed by atoms with E-state index < -0.39 is 23.1 Å². The maximum absolute atomic E-state index is 12.8. The van der Waals surface area contributed by atoms with Gasteiger partial charge in [0.2, 0.25) is 17.7 Å². The minimum absolute atomic E-state index is 0.0577. The third-order valence-electron chi connectivity index (χ3n) is 4.50. The van der Waals surface area contributed by atoms with E-state index in [0.717, 1.165) is 12.1 Å². The zero-order valence-electron chi connectivity index (χ0n) is 16.6. The van der Waals surface area contributed by atoms with Crippen LogP contribution in [0.1, 0.15) is 25.3 Å². The van der Waals surface area contributed by atoms with Gasteiger partial charge in [-0.3, -0.25) is 4.79 Å². The number of aromatic nitrogens is 2. The summed E-state index contributed by atoms with van der Waals surface area (Å²) in [5.41, 5.74) is -0.433. The maximum Gasteiger partial charge on any atom is 0.416 e. The molecule has 1 aromatic heterocycles. The first-order chi connectivity index (χ1) is 14.6. The first-order valence-electron chi connectivity index (χ1n) is 9.16. The van der Waals surface area contributed by atoms with Crippen LogP contribution >= 0.6 is 0 Å². The normalized spacial score (nSPS) is 11.6. The van der Waals surface area contributed by atoms with Crippen molar-refractivity contribution in [2.24, 2.45) is 0 Å². The second-order valence-corrected chi connectivity index (χ2v) is 7.12. The van der Waals surface area contributed by atoms with E-state index in [1.54, 1.807) is 38.1 Å². The van der Waals surface area contributed by atoms with Crippen molar-refractivity contribution in [2.75, 3.05) is 11.9 Å². The summed E-state index contributed by atoms with van der Waals surface area (Å²) in [6.07, 6.45) is -4.41. The Balaban J connectivity index is 1.86. The van der Waals surface area contributed by atoms with Crippen molar-refractivity contribution in [3.8, 4) is 17.5 Å². The predicted octanol–water partition coefficient (Wildman–Crippen LogP) is 4.42. The zero-order chi connectivity index (χ0) is 22.6. The van der Waals surface area contributed by atoms with E-state index >= 15 is 0 Å². The molecule has 2 aromatic carbocycles. The molecule has 3 rings (SSSR count). The van der Waals surface area contributed by atoms with Crippen LogP contribution in [0.15, 0.2) is 52.9 Å². The Labute approximate surface area is 175 Å². The van der Waals surface area contributed by atoms with Gasteiger partial charge in [-0.2, -0.15) is 18.4 Å². The highest BCUT2D eigenvalue weighted by molar-refractivity contribution is 5.86.